The molecule has 4 rings (SSSR count). The van der Waals surface area contributed by atoms with E-state index in [4.69, 9.17) is 21.1 Å². The predicted octanol–water partition coefficient (Wildman–Crippen LogP) is 5.25. The van der Waals surface area contributed by atoms with Crippen LogP contribution in [-0.4, -0.2) is 48.3 Å². The number of nitrogens with zero attached hydrogens (tertiary/aromatic N) is 2. The molecule has 3 aromatic rings. The summed E-state index contributed by atoms with van der Waals surface area (Å²) in [4.78, 5) is 15.4. The molecule has 0 amide bonds. The average Bonchev–Trinajstić information content (AvgIpc) is 3.07. The minimum absolute atomic E-state index is 0.285. The summed E-state index contributed by atoms with van der Waals surface area (Å²) in [7, 11) is 0. The first kappa shape index (κ1) is 22.5. The van der Waals surface area contributed by atoms with E-state index in [-0.39, 0.29) is 18.4 Å². The van der Waals surface area contributed by atoms with Gasteiger partial charge in [0.05, 0.1) is 31.1 Å². The molecule has 2 aromatic carbocycles. The molecule has 1 aliphatic heterocycles. The molecule has 0 atom stereocenters. The third-order valence-electron chi connectivity index (χ3n) is 5.68. The maximum absolute atomic E-state index is 13.7. The Balaban J connectivity index is 1.96. The van der Waals surface area contributed by atoms with Crippen molar-refractivity contribution < 1.29 is 18.7 Å². The van der Waals surface area contributed by atoms with E-state index in [1.807, 2.05) is 35.8 Å². The van der Waals surface area contributed by atoms with Crippen LogP contribution in [0, 0.1) is 12.7 Å². The highest BCUT2D eigenvalue weighted by atomic mass is 35.5. The fraction of sp³-hybridized carbons (Fsp3) is 0.320. The van der Waals surface area contributed by atoms with Crippen LogP contribution in [-0.2, 0) is 16.0 Å². The Morgan fingerprint density at radius 2 is 1.75 bits per heavy atom. The van der Waals surface area contributed by atoms with Crippen LogP contribution in [0.25, 0.3) is 16.9 Å². The van der Waals surface area contributed by atoms with E-state index in [9.17, 15) is 9.18 Å². The topological polar surface area (TPSA) is 43.7 Å². The highest BCUT2D eigenvalue weighted by Gasteiger charge is 2.29. The van der Waals surface area contributed by atoms with E-state index in [1.54, 1.807) is 19.1 Å². The van der Waals surface area contributed by atoms with Crippen LogP contribution in [0.1, 0.15) is 28.5 Å². The summed E-state index contributed by atoms with van der Waals surface area (Å²) in [6, 6.07) is 13.8. The largest absolute Gasteiger partial charge is 0.462 e. The Bertz CT molecular complexity index is 1090. The van der Waals surface area contributed by atoms with Crippen molar-refractivity contribution in [1.82, 2.24) is 9.47 Å². The molecule has 0 unspecified atom stereocenters. The summed E-state index contributed by atoms with van der Waals surface area (Å²) in [5, 5.41) is 0.630. The van der Waals surface area contributed by atoms with Gasteiger partial charge in [0.15, 0.2) is 0 Å². The van der Waals surface area contributed by atoms with Gasteiger partial charge in [-0.3, -0.25) is 4.90 Å². The van der Waals surface area contributed by atoms with Gasteiger partial charge in [-0.1, -0.05) is 23.7 Å². The second-order valence-corrected chi connectivity index (χ2v) is 8.15. The molecule has 1 fully saturated rings. The molecule has 0 radical (unpaired) electrons. The molecular formula is C25H26ClFN2O3. The van der Waals surface area contributed by atoms with Crippen molar-refractivity contribution in [3.05, 3.63) is 76.2 Å². The molecule has 2 heterocycles. The SMILES string of the molecule is CCOC(=O)c1c(CN2CCOCC2)c(-c2ccc(Cl)cc2)n(-c2ccc(F)cc2)c1C. The summed E-state index contributed by atoms with van der Waals surface area (Å²) in [6.07, 6.45) is 0. The molecule has 0 spiro atoms. The van der Waals surface area contributed by atoms with Crippen molar-refractivity contribution in [2.75, 3.05) is 32.9 Å². The second kappa shape index (κ2) is 9.86. The van der Waals surface area contributed by atoms with E-state index < -0.39 is 0 Å². The first-order valence-corrected chi connectivity index (χ1v) is 11.1. The maximum Gasteiger partial charge on any atom is 0.340 e. The van der Waals surface area contributed by atoms with Gasteiger partial charge in [0, 0.05) is 41.6 Å². The van der Waals surface area contributed by atoms with Crippen molar-refractivity contribution in [3.8, 4) is 16.9 Å². The third kappa shape index (κ3) is 4.58. The van der Waals surface area contributed by atoms with Crippen LogP contribution in [0.15, 0.2) is 48.5 Å². The van der Waals surface area contributed by atoms with Gasteiger partial charge in [-0.15, -0.1) is 0 Å². The highest BCUT2D eigenvalue weighted by Crippen LogP contribution is 2.36. The van der Waals surface area contributed by atoms with Gasteiger partial charge in [0.1, 0.15) is 5.82 Å². The van der Waals surface area contributed by atoms with Crippen LogP contribution in [0.5, 0.6) is 0 Å². The molecule has 0 saturated carbocycles. The molecule has 0 bridgehead atoms. The van der Waals surface area contributed by atoms with Gasteiger partial charge in [0.25, 0.3) is 0 Å². The number of halogens is 2. The Hall–Kier alpha value is -2.67. The molecule has 5 nitrogen and oxygen atoms in total. The number of hydrogen-bond acceptors (Lipinski definition) is 4. The molecule has 168 valence electrons. The quantitative estimate of drug-likeness (QED) is 0.475. The Morgan fingerprint density at radius 3 is 2.38 bits per heavy atom. The lowest BCUT2D eigenvalue weighted by molar-refractivity contribution is 0.0337. The number of hydrogen-bond donors (Lipinski definition) is 0. The van der Waals surface area contributed by atoms with E-state index in [2.05, 4.69) is 4.90 Å². The molecule has 0 N–H and O–H groups in total. The van der Waals surface area contributed by atoms with E-state index in [0.29, 0.717) is 30.3 Å². The number of rotatable bonds is 6. The van der Waals surface area contributed by atoms with Crippen molar-refractivity contribution in [1.29, 1.82) is 0 Å². The number of ether oxygens (including phenoxy) is 2. The predicted molar refractivity (Wildman–Crippen MR) is 123 cm³/mol. The molecule has 1 aromatic heterocycles. The Labute approximate surface area is 192 Å². The van der Waals surface area contributed by atoms with Crippen molar-refractivity contribution >= 4 is 17.6 Å². The van der Waals surface area contributed by atoms with Crippen molar-refractivity contribution in [3.63, 3.8) is 0 Å². The normalized spacial score (nSPS) is 14.5. The Kier molecular flexibility index (Phi) is 6.94. The van der Waals surface area contributed by atoms with E-state index in [1.165, 1.54) is 12.1 Å². The summed E-state index contributed by atoms with van der Waals surface area (Å²) >= 11 is 6.15. The fourth-order valence-corrected chi connectivity index (χ4v) is 4.31. The minimum atomic E-state index is -0.357. The molecular weight excluding hydrogens is 431 g/mol. The average molecular weight is 457 g/mol. The number of benzene rings is 2. The van der Waals surface area contributed by atoms with E-state index >= 15 is 0 Å². The monoisotopic (exact) mass is 456 g/mol. The van der Waals surface area contributed by atoms with Crippen molar-refractivity contribution in [2.24, 2.45) is 0 Å². The number of carbonyl (C=O) groups is 1. The lowest BCUT2D eigenvalue weighted by Crippen LogP contribution is -2.36. The fourth-order valence-electron chi connectivity index (χ4n) is 4.19. The minimum Gasteiger partial charge on any atom is -0.462 e. The van der Waals surface area contributed by atoms with Gasteiger partial charge in [-0.25, -0.2) is 9.18 Å². The van der Waals surface area contributed by atoms with Gasteiger partial charge in [-0.05, 0) is 55.8 Å². The van der Waals surface area contributed by atoms with E-state index in [0.717, 1.165) is 41.3 Å². The Morgan fingerprint density at radius 1 is 1.09 bits per heavy atom. The summed E-state index contributed by atoms with van der Waals surface area (Å²) in [6.45, 7) is 7.43. The maximum atomic E-state index is 13.7. The molecule has 1 aliphatic rings. The summed E-state index contributed by atoms with van der Waals surface area (Å²) < 4.78 is 26.6. The number of carbonyl (C=O) groups excluding carboxylic acids is 1. The smallest absolute Gasteiger partial charge is 0.340 e. The van der Waals surface area contributed by atoms with Gasteiger partial charge < -0.3 is 14.0 Å². The number of aromatic nitrogens is 1. The van der Waals surface area contributed by atoms with Gasteiger partial charge >= 0.3 is 5.97 Å². The van der Waals surface area contributed by atoms with Gasteiger partial charge in [0.2, 0.25) is 0 Å². The number of esters is 1. The second-order valence-electron chi connectivity index (χ2n) is 7.72. The molecule has 7 heteroatoms. The van der Waals surface area contributed by atoms with Crippen LogP contribution in [0.2, 0.25) is 5.02 Å². The van der Waals surface area contributed by atoms with Crippen molar-refractivity contribution in [2.45, 2.75) is 20.4 Å². The molecule has 1 saturated heterocycles. The van der Waals surface area contributed by atoms with Crippen LogP contribution >= 0.6 is 11.6 Å². The standard InChI is InChI=1S/C25H26ClFN2O3/c1-3-32-25(30)23-17(2)29(21-10-8-20(27)9-11-21)24(18-4-6-19(26)7-5-18)22(23)16-28-12-14-31-15-13-28/h4-11H,3,12-16H2,1-2H3. The van der Waals surface area contributed by atoms with Crippen LogP contribution < -0.4 is 0 Å². The lowest BCUT2D eigenvalue weighted by atomic mass is 10.0. The first-order chi connectivity index (χ1) is 15.5. The summed E-state index contributed by atoms with van der Waals surface area (Å²) in [5.74, 6) is -0.671. The van der Waals surface area contributed by atoms with Gasteiger partial charge in [-0.2, -0.15) is 0 Å². The summed E-state index contributed by atoms with van der Waals surface area (Å²) in [5.41, 5.74) is 4.75. The zero-order valence-corrected chi connectivity index (χ0v) is 19.0. The molecule has 0 aliphatic carbocycles. The number of morpholine rings is 1. The van der Waals surface area contributed by atoms with Crippen LogP contribution in [0.4, 0.5) is 4.39 Å². The molecule has 32 heavy (non-hydrogen) atoms. The highest BCUT2D eigenvalue weighted by molar-refractivity contribution is 6.30. The zero-order valence-electron chi connectivity index (χ0n) is 18.2. The lowest BCUT2D eigenvalue weighted by Gasteiger charge is -2.27. The van der Waals surface area contributed by atoms with Crippen LogP contribution in [0.3, 0.4) is 0 Å². The zero-order chi connectivity index (χ0) is 22.7. The third-order valence-corrected chi connectivity index (χ3v) is 5.93. The first-order valence-electron chi connectivity index (χ1n) is 10.7.